The molecule has 0 aromatic heterocycles. The summed E-state index contributed by atoms with van der Waals surface area (Å²) in [6.45, 7) is 4.45. The molecule has 1 aromatic rings. The molecule has 2 nitrogen and oxygen atoms in total. The summed E-state index contributed by atoms with van der Waals surface area (Å²) in [6, 6.07) is 9.83. The van der Waals surface area contributed by atoms with Crippen molar-refractivity contribution >= 4 is 5.71 Å². The Kier molecular flexibility index (Phi) is 4.17. The fourth-order valence-electron chi connectivity index (χ4n) is 1.37. The molecule has 0 unspecified atom stereocenters. The Labute approximate surface area is 85.5 Å². The van der Waals surface area contributed by atoms with E-state index in [-0.39, 0.29) is 0 Å². The van der Waals surface area contributed by atoms with Crippen LogP contribution in [-0.4, -0.2) is 10.5 Å². The number of hydroxylamine groups is 1. The molecule has 0 aliphatic rings. The number of benzene rings is 1. The van der Waals surface area contributed by atoms with E-state index >= 15 is 0 Å². The van der Waals surface area contributed by atoms with E-state index in [0.717, 1.165) is 28.9 Å². The summed E-state index contributed by atoms with van der Waals surface area (Å²) in [5.74, 6) is 0. The summed E-state index contributed by atoms with van der Waals surface area (Å²) in [5.41, 5.74) is 1.98. The first-order chi connectivity index (χ1) is 6.74. The van der Waals surface area contributed by atoms with Crippen LogP contribution >= 0.6 is 0 Å². The summed E-state index contributed by atoms with van der Waals surface area (Å²) >= 11 is 0. The Morgan fingerprint density at radius 3 is 2.50 bits per heavy atom. The van der Waals surface area contributed by atoms with Gasteiger partial charge in [0.15, 0.2) is 12.3 Å². The first-order valence-electron chi connectivity index (χ1n) is 5.05. The van der Waals surface area contributed by atoms with Crippen molar-refractivity contribution in [3.05, 3.63) is 41.1 Å². The number of nitrogens with zero attached hydrogens (tertiary/aromatic N) is 1. The van der Waals surface area contributed by atoms with Crippen LogP contribution < -0.4 is 0 Å². The number of hydrogen-bond donors (Lipinski definition) is 0. The van der Waals surface area contributed by atoms with Gasteiger partial charge in [0.05, 0.1) is 0 Å². The van der Waals surface area contributed by atoms with Crippen LogP contribution in [0, 0.1) is 5.21 Å². The number of hydrogen-bond acceptors (Lipinski definition) is 1. The zero-order chi connectivity index (χ0) is 10.4. The van der Waals surface area contributed by atoms with Crippen molar-refractivity contribution in [1.29, 1.82) is 0 Å². The molecule has 0 N–H and O–H groups in total. The summed E-state index contributed by atoms with van der Waals surface area (Å²) in [4.78, 5) is 0. The van der Waals surface area contributed by atoms with Crippen molar-refractivity contribution in [2.24, 2.45) is 0 Å². The molecule has 0 fully saturated rings. The van der Waals surface area contributed by atoms with E-state index in [2.05, 4.69) is 6.92 Å². The van der Waals surface area contributed by atoms with Gasteiger partial charge in [-0.15, -0.1) is 0 Å². The molecule has 0 aliphatic carbocycles. The maximum atomic E-state index is 11.6. The third-order valence-corrected chi connectivity index (χ3v) is 2.21. The minimum atomic E-state index is 0.465. The molecule has 2 heteroatoms. The van der Waals surface area contributed by atoms with E-state index in [1.807, 2.05) is 37.3 Å². The maximum Gasteiger partial charge on any atom is 0.178 e. The fraction of sp³-hybridized carbons (Fsp3) is 0.417. The normalized spacial score (nSPS) is 12.4. The zero-order valence-electron chi connectivity index (χ0n) is 8.86. The van der Waals surface area contributed by atoms with Crippen molar-refractivity contribution in [3.8, 4) is 0 Å². The van der Waals surface area contributed by atoms with Crippen molar-refractivity contribution in [1.82, 2.24) is 0 Å². The topological polar surface area (TPSA) is 26.1 Å². The molecule has 1 rings (SSSR count). The average Bonchev–Trinajstić information content (AvgIpc) is 2.19. The van der Waals surface area contributed by atoms with Gasteiger partial charge in [-0.1, -0.05) is 37.3 Å². The van der Waals surface area contributed by atoms with E-state index in [1.54, 1.807) is 0 Å². The lowest BCUT2D eigenvalue weighted by Crippen LogP contribution is -2.12. The Morgan fingerprint density at radius 1 is 1.29 bits per heavy atom. The molecule has 0 bridgehead atoms. The highest BCUT2D eigenvalue weighted by molar-refractivity contribution is 5.76. The number of rotatable bonds is 4. The molecule has 0 spiro atoms. The highest BCUT2D eigenvalue weighted by Gasteiger charge is 2.02. The largest absolute Gasteiger partial charge is 0.624 e. The Morgan fingerprint density at radius 2 is 1.93 bits per heavy atom. The van der Waals surface area contributed by atoms with Crippen LogP contribution in [0.25, 0.3) is 0 Å². The van der Waals surface area contributed by atoms with Crippen LogP contribution in [0.1, 0.15) is 32.3 Å². The Bertz CT molecular complexity index is 303. The molecule has 0 saturated carbocycles. The fourth-order valence-corrected chi connectivity index (χ4v) is 1.37. The third-order valence-electron chi connectivity index (χ3n) is 2.21. The van der Waals surface area contributed by atoms with Crippen molar-refractivity contribution in [3.63, 3.8) is 0 Å². The van der Waals surface area contributed by atoms with Crippen molar-refractivity contribution in [2.45, 2.75) is 33.2 Å². The second-order valence-electron chi connectivity index (χ2n) is 3.51. The Hall–Kier alpha value is -1.31. The molecule has 76 valence electrons. The van der Waals surface area contributed by atoms with E-state index in [1.165, 1.54) is 0 Å². The zero-order valence-corrected chi connectivity index (χ0v) is 8.86. The molecule has 0 amide bonds. The second-order valence-corrected chi connectivity index (χ2v) is 3.51. The summed E-state index contributed by atoms with van der Waals surface area (Å²) in [7, 11) is 0. The quantitative estimate of drug-likeness (QED) is 0.311. The molecule has 0 atom stereocenters. The highest BCUT2D eigenvalue weighted by atomic mass is 16.5. The SMILES string of the molecule is CCC/C(C)=[N+](\[O-])Cc1ccccc1. The van der Waals surface area contributed by atoms with Crippen LogP contribution in [0.2, 0.25) is 0 Å². The lowest BCUT2D eigenvalue weighted by molar-refractivity contribution is -0.476. The van der Waals surface area contributed by atoms with Gasteiger partial charge in [0.2, 0.25) is 0 Å². The smallest absolute Gasteiger partial charge is 0.178 e. The summed E-state index contributed by atoms with van der Waals surface area (Å²) in [6.07, 6.45) is 1.91. The monoisotopic (exact) mass is 191 g/mol. The van der Waals surface area contributed by atoms with Gasteiger partial charge >= 0.3 is 0 Å². The van der Waals surface area contributed by atoms with Crippen molar-refractivity contribution in [2.75, 3.05) is 0 Å². The standard InChI is InChI=1S/C12H17NO/c1-3-7-11(2)13(14)10-12-8-5-4-6-9-12/h4-6,8-9H,3,7,10H2,1-2H3/b13-11-. The van der Waals surface area contributed by atoms with Crippen LogP contribution in [-0.2, 0) is 6.54 Å². The van der Waals surface area contributed by atoms with Crippen LogP contribution in [0.4, 0.5) is 0 Å². The van der Waals surface area contributed by atoms with Gasteiger partial charge in [0.25, 0.3) is 0 Å². The first-order valence-corrected chi connectivity index (χ1v) is 5.05. The Balaban J connectivity index is 2.65. The maximum absolute atomic E-state index is 11.6. The van der Waals surface area contributed by atoms with Crippen molar-refractivity contribution < 1.29 is 4.74 Å². The van der Waals surface area contributed by atoms with Crippen LogP contribution in [0.15, 0.2) is 30.3 Å². The molecule has 14 heavy (non-hydrogen) atoms. The van der Waals surface area contributed by atoms with Crippen LogP contribution in [0.5, 0.6) is 0 Å². The van der Waals surface area contributed by atoms with E-state index in [0.29, 0.717) is 6.54 Å². The summed E-state index contributed by atoms with van der Waals surface area (Å²) < 4.78 is 1.08. The first kappa shape index (κ1) is 10.8. The van der Waals surface area contributed by atoms with Gasteiger partial charge in [-0.2, -0.15) is 0 Å². The van der Waals surface area contributed by atoms with Crippen LogP contribution in [0.3, 0.4) is 0 Å². The molecular weight excluding hydrogens is 174 g/mol. The minimum Gasteiger partial charge on any atom is -0.624 e. The third kappa shape index (κ3) is 3.21. The van der Waals surface area contributed by atoms with Gasteiger partial charge in [0.1, 0.15) is 0 Å². The lowest BCUT2D eigenvalue weighted by atomic mass is 10.2. The molecule has 1 aromatic carbocycles. The molecule has 0 aliphatic heterocycles. The van der Waals surface area contributed by atoms with E-state index in [9.17, 15) is 5.21 Å². The van der Waals surface area contributed by atoms with E-state index < -0.39 is 0 Å². The van der Waals surface area contributed by atoms with Gasteiger partial charge in [0, 0.05) is 18.9 Å². The van der Waals surface area contributed by atoms with E-state index in [4.69, 9.17) is 0 Å². The van der Waals surface area contributed by atoms with Gasteiger partial charge in [-0.3, -0.25) is 0 Å². The molecular formula is C12H17NO. The predicted molar refractivity (Wildman–Crippen MR) is 59.4 cm³/mol. The molecule has 0 radical (unpaired) electrons. The predicted octanol–water partition coefficient (Wildman–Crippen LogP) is 2.96. The minimum absolute atomic E-state index is 0.465. The molecule has 0 saturated heterocycles. The lowest BCUT2D eigenvalue weighted by Gasteiger charge is -2.07. The van der Waals surface area contributed by atoms with Gasteiger partial charge < -0.3 is 5.21 Å². The summed E-state index contributed by atoms with van der Waals surface area (Å²) in [5, 5.41) is 11.6. The molecule has 0 heterocycles. The highest BCUT2D eigenvalue weighted by Crippen LogP contribution is 2.01. The average molecular weight is 191 g/mol. The second kappa shape index (κ2) is 5.43. The van der Waals surface area contributed by atoms with Gasteiger partial charge in [-0.05, 0) is 6.42 Å². The van der Waals surface area contributed by atoms with Gasteiger partial charge in [-0.25, -0.2) is 4.74 Å².